The van der Waals surface area contributed by atoms with E-state index in [0.29, 0.717) is 18.5 Å². The van der Waals surface area contributed by atoms with Crippen LogP contribution in [0.2, 0.25) is 0 Å². The molecule has 4 rings (SSSR count). The number of aliphatic hydroxyl groups is 1. The fourth-order valence-corrected chi connectivity index (χ4v) is 4.89. The summed E-state index contributed by atoms with van der Waals surface area (Å²) in [6, 6.07) is 13.8. The number of aromatic nitrogens is 1. The summed E-state index contributed by atoms with van der Waals surface area (Å²) in [6.45, 7) is 2.47. The number of hydrogen-bond donors (Lipinski definition) is 1. The monoisotopic (exact) mass is 350 g/mol. The Morgan fingerprint density at radius 3 is 2.69 bits per heavy atom. The van der Waals surface area contributed by atoms with E-state index in [0.717, 1.165) is 36.9 Å². The molecule has 2 fully saturated rings. The lowest BCUT2D eigenvalue weighted by molar-refractivity contribution is -0.110. The Hall–Kier alpha value is -2.20. The molecule has 3 atom stereocenters. The topological polar surface area (TPSA) is 53.4 Å². The highest BCUT2D eigenvalue weighted by atomic mass is 16.3. The fraction of sp³-hybridized carbons (Fsp3) is 0.455. The number of pyridine rings is 1. The summed E-state index contributed by atoms with van der Waals surface area (Å²) < 4.78 is 0. The average molecular weight is 350 g/mol. The summed E-state index contributed by atoms with van der Waals surface area (Å²) in [5.74, 6) is 0.149. The van der Waals surface area contributed by atoms with Gasteiger partial charge in [0.25, 0.3) is 5.91 Å². The number of hydrogen-bond acceptors (Lipinski definition) is 3. The van der Waals surface area contributed by atoms with Crippen molar-refractivity contribution in [1.82, 2.24) is 9.88 Å². The van der Waals surface area contributed by atoms with Crippen LogP contribution in [0.1, 0.15) is 53.7 Å². The van der Waals surface area contributed by atoms with Gasteiger partial charge in [-0.15, -0.1) is 0 Å². The number of amides is 1. The smallest absolute Gasteiger partial charge is 0.255 e. The summed E-state index contributed by atoms with van der Waals surface area (Å²) in [4.78, 5) is 19.5. The van der Waals surface area contributed by atoms with Gasteiger partial charge in [0.05, 0.1) is 11.2 Å². The first-order valence-electron chi connectivity index (χ1n) is 9.62. The second kappa shape index (κ2) is 6.84. The van der Waals surface area contributed by atoms with Crippen molar-refractivity contribution >= 4 is 5.91 Å². The molecule has 1 saturated carbocycles. The minimum absolute atomic E-state index is 0.0580. The van der Waals surface area contributed by atoms with Crippen LogP contribution in [0.25, 0.3) is 0 Å². The number of aryl methyl sites for hydroxylation is 1. The second-order valence-electron chi connectivity index (χ2n) is 7.63. The standard InChI is InChI=1S/C22H26N2O2/c1-16-18(10-7-14-23-16)21(25)24-15-13-22(26,17-8-3-2-4-9-17)19-11-5-6-12-20(19)24/h2-4,7-10,14,19-20,26H,5-6,11-13,15H2,1H3/t19-,20+,22-/m0/s1. The largest absolute Gasteiger partial charge is 0.385 e. The molecule has 1 N–H and O–H groups in total. The molecule has 1 saturated heterocycles. The van der Waals surface area contributed by atoms with Crippen LogP contribution in [0.5, 0.6) is 0 Å². The Balaban J connectivity index is 1.67. The summed E-state index contributed by atoms with van der Waals surface area (Å²) in [5, 5.41) is 11.6. The molecule has 2 aromatic rings. The van der Waals surface area contributed by atoms with Gasteiger partial charge in [-0.3, -0.25) is 9.78 Å². The van der Waals surface area contributed by atoms with Gasteiger partial charge in [0.1, 0.15) is 0 Å². The van der Waals surface area contributed by atoms with Crippen LogP contribution < -0.4 is 0 Å². The highest BCUT2D eigenvalue weighted by Gasteiger charge is 2.50. The summed E-state index contributed by atoms with van der Waals surface area (Å²) >= 11 is 0. The van der Waals surface area contributed by atoms with Crippen molar-refractivity contribution in [1.29, 1.82) is 0 Å². The maximum atomic E-state index is 13.2. The third-order valence-corrected chi connectivity index (χ3v) is 6.25. The molecule has 0 bridgehead atoms. The Morgan fingerprint density at radius 1 is 1.15 bits per heavy atom. The number of carbonyl (C=O) groups is 1. The molecule has 4 nitrogen and oxygen atoms in total. The first kappa shape index (κ1) is 17.2. The Labute approximate surface area is 154 Å². The summed E-state index contributed by atoms with van der Waals surface area (Å²) in [5.41, 5.74) is 1.60. The molecule has 0 unspecified atom stereocenters. The molecule has 1 amide bonds. The minimum Gasteiger partial charge on any atom is -0.385 e. The maximum Gasteiger partial charge on any atom is 0.255 e. The third kappa shape index (κ3) is 2.82. The van der Waals surface area contributed by atoms with Gasteiger partial charge in [-0.25, -0.2) is 0 Å². The lowest BCUT2D eigenvalue weighted by atomic mass is 9.66. The number of fused-ring (bicyclic) bond motifs is 1. The van der Waals surface area contributed by atoms with Gasteiger partial charge in [0.15, 0.2) is 0 Å². The summed E-state index contributed by atoms with van der Waals surface area (Å²) in [7, 11) is 0. The zero-order valence-corrected chi connectivity index (χ0v) is 15.3. The number of nitrogens with zero attached hydrogens (tertiary/aromatic N) is 2. The van der Waals surface area contributed by atoms with Gasteiger partial charge in [-0.05, 0) is 43.9 Å². The Kier molecular flexibility index (Phi) is 4.53. The van der Waals surface area contributed by atoms with E-state index in [9.17, 15) is 9.90 Å². The lowest BCUT2D eigenvalue weighted by Crippen LogP contribution is -2.59. The molecule has 1 aliphatic heterocycles. The van der Waals surface area contributed by atoms with Crippen molar-refractivity contribution < 1.29 is 9.90 Å². The average Bonchev–Trinajstić information content (AvgIpc) is 2.69. The van der Waals surface area contributed by atoms with Gasteiger partial charge in [-0.2, -0.15) is 0 Å². The quantitative estimate of drug-likeness (QED) is 0.899. The predicted octanol–water partition coefficient (Wildman–Crippen LogP) is 3.68. The fourth-order valence-electron chi connectivity index (χ4n) is 4.89. The van der Waals surface area contributed by atoms with Crippen LogP contribution in [0, 0.1) is 12.8 Å². The van der Waals surface area contributed by atoms with Crippen molar-refractivity contribution in [2.24, 2.45) is 5.92 Å². The van der Waals surface area contributed by atoms with E-state index in [2.05, 4.69) is 4.98 Å². The van der Waals surface area contributed by atoms with E-state index in [-0.39, 0.29) is 17.9 Å². The highest BCUT2D eigenvalue weighted by Crippen LogP contribution is 2.47. The summed E-state index contributed by atoms with van der Waals surface area (Å²) in [6.07, 6.45) is 6.46. The molecular formula is C22H26N2O2. The molecule has 2 heterocycles. The van der Waals surface area contributed by atoms with Crippen LogP contribution in [0.4, 0.5) is 0 Å². The molecule has 0 spiro atoms. The Morgan fingerprint density at radius 2 is 1.92 bits per heavy atom. The van der Waals surface area contributed by atoms with Gasteiger partial charge >= 0.3 is 0 Å². The van der Waals surface area contributed by atoms with Crippen molar-refractivity contribution in [2.75, 3.05) is 6.54 Å². The molecule has 0 radical (unpaired) electrons. The maximum absolute atomic E-state index is 13.2. The van der Waals surface area contributed by atoms with Crippen LogP contribution >= 0.6 is 0 Å². The van der Waals surface area contributed by atoms with Gasteiger partial charge in [0.2, 0.25) is 0 Å². The number of benzene rings is 1. The predicted molar refractivity (Wildman–Crippen MR) is 101 cm³/mol. The van der Waals surface area contributed by atoms with Gasteiger partial charge in [-0.1, -0.05) is 43.2 Å². The van der Waals surface area contributed by atoms with Gasteiger partial charge in [0, 0.05) is 30.4 Å². The number of carbonyl (C=O) groups excluding carboxylic acids is 1. The van der Waals surface area contributed by atoms with Crippen molar-refractivity contribution in [3.05, 3.63) is 65.5 Å². The molecule has 4 heteroatoms. The zero-order chi connectivity index (χ0) is 18.1. The zero-order valence-electron chi connectivity index (χ0n) is 15.3. The molecule has 1 aromatic carbocycles. The molecular weight excluding hydrogens is 324 g/mol. The van der Waals surface area contributed by atoms with Crippen LogP contribution in [-0.2, 0) is 5.60 Å². The van der Waals surface area contributed by atoms with E-state index < -0.39 is 5.60 Å². The Bertz CT molecular complexity index is 792. The van der Waals surface area contributed by atoms with Gasteiger partial charge < -0.3 is 10.0 Å². The molecule has 136 valence electrons. The van der Waals surface area contributed by atoms with E-state index in [1.807, 2.05) is 54.3 Å². The molecule has 1 aliphatic carbocycles. The lowest BCUT2D eigenvalue weighted by Gasteiger charge is -2.52. The first-order valence-corrected chi connectivity index (χ1v) is 9.62. The first-order chi connectivity index (χ1) is 12.6. The van der Waals surface area contributed by atoms with Crippen molar-refractivity contribution in [2.45, 2.75) is 50.7 Å². The second-order valence-corrected chi connectivity index (χ2v) is 7.63. The van der Waals surface area contributed by atoms with Crippen molar-refractivity contribution in [3.8, 4) is 0 Å². The number of piperidine rings is 1. The molecule has 2 aliphatic rings. The molecule has 26 heavy (non-hydrogen) atoms. The number of rotatable bonds is 2. The normalized spacial score (nSPS) is 28.5. The third-order valence-electron chi connectivity index (χ3n) is 6.25. The van der Waals surface area contributed by atoms with Crippen molar-refractivity contribution in [3.63, 3.8) is 0 Å². The van der Waals surface area contributed by atoms with Crippen LogP contribution in [0.15, 0.2) is 48.7 Å². The van der Waals surface area contributed by atoms with E-state index in [1.54, 1.807) is 6.20 Å². The SMILES string of the molecule is Cc1ncccc1C(=O)N1CC[C@](O)(c2ccccc2)[C@H]2CCCC[C@H]21. The molecule has 1 aromatic heterocycles. The van der Waals surface area contributed by atoms with E-state index >= 15 is 0 Å². The minimum atomic E-state index is -0.840. The van der Waals surface area contributed by atoms with Crippen LogP contribution in [-0.4, -0.2) is 33.5 Å². The van der Waals surface area contributed by atoms with Crippen LogP contribution in [0.3, 0.4) is 0 Å². The van der Waals surface area contributed by atoms with E-state index in [1.165, 1.54) is 0 Å². The van der Waals surface area contributed by atoms with E-state index in [4.69, 9.17) is 0 Å². The highest BCUT2D eigenvalue weighted by molar-refractivity contribution is 5.95. The number of likely N-dealkylation sites (tertiary alicyclic amines) is 1.